The third-order valence-corrected chi connectivity index (χ3v) is 6.06. The normalized spacial score (nSPS) is 15.8. The number of aromatic amines is 1. The Balaban J connectivity index is 1.67. The molecule has 5 heterocycles. The van der Waals surface area contributed by atoms with Crippen LogP contribution in [0.2, 0.25) is 0 Å². The highest BCUT2D eigenvalue weighted by atomic mass is 16.3. The minimum Gasteiger partial charge on any atom is -0.394 e. The van der Waals surface area contributed by atoms with Crippen LogP contribution in [0.1, 0.15) is 25.3 Å². The van der Waals surface area contributed by atoms with Crippen LogP contribution < -0.4 is 10.2 Å². The van der Waals surface area contributed by atoms with E-state index < -0.39 is 0 Å². The van der Waals surface area contributed by atoms with E-state index in [1.165, 1.54) is 6.92 Å². The summed E-state index contributed by atoms with van der Waals surface area (Å²) in [6, 6.07) is 9.98. The molecule has 1 aliphatic heterocycles. The van der Waals surface area contributed by atoms with Gasteiger partial charge in [-0.3, -0.25) is 14.8 Å². The van der Waals surface area contributed by atoms with Crippen LogP contribution in [0.25, 0.3) is 33.5 Å². The number of aromatic nitrogens is 4. The maximum absolute atomic E-state index is 11.5. The molecule has 4 aromatic rings. The van der Waals surface area contributed by atoms with Crippen molar-refractivity contribution in [3.8, 4) is 22.5 Å². The number of fused-ring (bicyclic) bond motifs is 1. The van der Waals surface area contributed by atoms with Crippen LogP contribution in [0.4, 0.5) is 11.5 Å². The molecule has 4 aromatic heterocycles. The molecule has 1 amide bonds. The number of H-pyrrole nitrogens is 1. The highest BCUT2D eigenvalue weighted by molar-refractivity contribution is 6.01. The largest absolute Gasteiger partial charge is 0.394 e. The molecule has 1 atom stereocenters. The number of carbonyl (C=O) groups excluding carboxylic acids is 1. The smallest absolute Gasteiger partial charge is 0.222 e. The number of aryl methyl sites for hydroxylation is 1. The molecule has 8 nitrogen and oxygen atoms in total. The SMILES string of the molecule is CC(=O)Nc1cc(-c2[nH]c3cc(N4CCC[C@@H]4CO)cnc3c2-c2ccc(C)cn2)ccn1. The molecule has 8 heteroatoms. The van der Waals surface area contributed by atoms with E-state index in [9.17, 15) is 9.90 Å². The van der Waals surface area contributed by atoms with Crippen LogP contribution in [0, 0.1) is 6.92 Å². The molecular formula is C25H26N6O2. The molecule has 0 unspecified atom stereocenters. The Hall–Kier alpha value is -3.78. The number of aliphatic hydroxyl groups excluding tert-OH is 1. The number of amides is 1. The van der Waals surface area contributed by atoms with E-state index in [2.05, 4.69) is 31.2 Å². The lowest BCUT2D eigenvalue weighted by atomic mass is 10.0. The first-order valence-electron chi connectivity index (χ1n) is 11.1. The third kappa shape index (κ3) is 4.05. The molecule has 0 aliphatic carbocycles. The molecule has 0 bridgehead atoms. The second-order valence-electron chi connectivity index (χ2n) is 8.47. The summed E-state index contributed by atoms with van der Waals surface area (Å²) >= 11 is 0. The standard InChI is InChI=1S/C25H26N6O2/c1-15-5-6-20(27-12-15)23-24(17-7-8-26-22(10-17)29-16(2)33)30-21-11-19(13-28-25(21)23)31-9-3-4-18(31)14-32/h5-8,10-13,18,30,32H,3-4,9,14H2,1-2H3,(H,26,29,33)/t18-/m1/s1. The quantitative estimate of drug-likeness (QED) is 0.433. The lowest BCUT2D eigenvalue weighted by Gasteiger charge is -2.24. The Kier molecular flexibility index (Phi) is 5.51. The molecule has 1 saturated heterocycles. The minimum atomic E-state index is -0.174. The van der Waals surface area contributed by atoms with E-state index in [0.29, 0.717) is 5.82 Å². The van der Waals surface area contributed by atoms with Gasteiger partial charge in [0.15, 0.2) is 0 Å². The molecule has 0 saturated carbocycles. The number of carbonyl (C=O) groups is 1. The van der Waals surface area contributed by atoms with Crippen molar-refractivity contribution in [2.75, 3.05) is 23.4 Å². The number of pyridine rings is 3. The van der Waals surface area contributed by atoms with Crippen molar-refractivity contribution in [2.24, 2.45) is 0 Å². The van der Waals surface area contributed by atoms with E-state index in [1.807, 2.05) is 43.6 Å². The first kappa shape index (κ1) is 21.1. The van der Waals surface area contributed by atoms with Gasteiger partial charge in [0.25, 0.3) is 0 Å². The zero-order valence-corrected chi connectivity index (χ0v) is 18.7. The zero-order valence-electron chi connectivity index (χ0n) is 18.7. The lowest BCUT2D eigenvalue weighted by molar-refractivity contribution is -0.114. The molecule has 0 radical (unpaired) electrons. The predicted molar refractivity (Wildman–Crippen MR) is 129 cm³/mol. The first-order chi connectivity index (χ1) is 16.0. The maximum atomic E-state index is 11.5. The number of hydrogen-bond donors (Lipinski definition) is 3. The van der Waals surface area contributed by atoms with Crippen molar-refractivity contribution in [1.82, 2.24) is 19.9 Å². The highest BCUT2D eigenvalue weighted by Gasteiger charge is 2.25. The average molecular weight is 443 g/mol. The topological polar surface area (TPSA) is 107 Å². The van der Waals surface area contributed by atoms with Crippen LogP contribution in [0.5, 0.6) is 0 Å². The number of hydrogen-bond acceptors (Lipinski definition) is 6. The van der Waals surface area contributed by atoms with Gasteiger partial charge in [-0.1, -0.05) is 6.07 Å². The fourth-order valence-electron chi connectivity index (χ4n) is 4.50. The summed E-state index contributed by atoms with van der Waals surface area (Å²) in [4.78, 5) is 31.0. The van der Waals surface area contributed by atoms with E-state index in [4.69, 9.17) is 4.98 Å². The van der Waals surface area contributed by atoms with E-state index in [0.717, 1.165) is 64.2 Å². The lowest BCUT2D eigenvalue weighted by Crippen LogP contribution is -2.32. The number of nitrogens with one attached hydrogen (secondary N) is 2. The molecule has 1 fully saturated rings. The summed E-state index contributed by atoms with van der Waals surface area (Å²) in [5.74, 6) is 0.310. The van der Waals surface area contributed by atoms with Gasteiger partial charge in [-0.05, 0) is 49.6 Å². The molecule has 168 valence electrons. The van der Waals surface area contributed by atoms with Crippen molar-refractivity contribution in [2.45, 2.75) is 32.7 Å². The van der Waals surface area contributed by atoms with Gasteiger partial charge in [-0.25, -0.2) is 4.98 Å². The highest BCUT2D eigenvalue weighted by Crippen LogP contribution is 2.38. The second-order valence-corrected chi connectivity index (χ2v) is 8.47. The molecule has 0 aromatic carbocycles. The van der Waals surface area contributed by atoms with Gasteiger partial charge in [0.2, 0.25) is 5.91 Å². The number of anilines is 2. The first-order valence-corrected chi connectivity index (χ1v) is 11.1. The number of nitrogens with zero attached hydrogens (tertiary/aromatic N) is 4. The van der Waals surface area contributed by atoms with Crippen LogP contribution in [0.15, 0.2) is 48.9 Å². The summed E-state index contributed by atoms with van der Waals surface area (Å²) in [5, 5.41) is 12.5. The van der Waals surface area contributed by atoms with Gasteiger partial charge in [0.05, 0.1) is 52.5 Å². The molecule has 3 N–H and O–H groups in total. The summed E-state index contributed by atoms with van der Waals surface area (Å²) < 4.78 is 0. The van der Waals surface area contributed by atoms with Crippen LogP contribution in [0.3, 0.4) is 0 Å². The van der Waals surface area contributed by atoms with Gasteiger partial charge < -0.3 is 20.3 Å². The van der Waals surface area contributed by atoms with Gasteiger partial charge in [0.1, 0.15) is 5.82 Å². The summed E-state index contributed by atoms with van der Waals surface area (Å²) in [5.41, 5.74) is 7.23. The van der Waals surface area contributed by atoms with E-state index in [-0.39, 0.29) is 18.6 Å². The Bertz CT molecular complexity index is 1310. The van der Waals surface area contributed by atoms with Gasteiger partial charge in [-0.2, -0.15) is 0 Å². The average Bonchev–Trinajstić information content (AvgIpc) is 3.43. The zero-order chi connectivity index (χ0) is 22.9. The van der Waals surface area contributed by atoms with Crippen LogP contribution >= 0.6 is 0 Å². The molecule has 1 aliphatic rings. The summed E-state index contributed by atoms with van der Waals surface area (Å²) in [6.07, 6.45) is 7.43. The Morgan fingerprint density at radius 3 is 2.85 bits per heavy atom. The van der Waals surface area contributed by atoms with Crippen molar-refractivity contribution in [3.05, 3.63) is 54.5 Å². The van der Waals surface area contributed by atoms with Gasteiger partial charge in [0, 0.05) is 31.4 Å². The Labute approximate surface area is 191 Å². The van der Waals surface area contributed by atoms with Crippen molar-refractivity contribution < 1.29 is 9.90 Å². The fraction of sp³-hybridized carbons (Fsp3) is 0.280. The molecule has 0 spiro atoms. The van der Waals surface area contributed by atoms with Crippen LogP contribution in [-0.4, -0.2) is 50.1 Å². The third-order valence-electron chi connectivity index (χ3n) is 6.06. The number of rotatable bonds is 5. The Morgan fingerprint density at radius 2 is 2.09 bits per heavy atom. The summed E-state index contributed by atoms with van der Waals surface area (Å²) in [7, 11) is 0. The summed E-state index contributed by atoms with van der Waals surface area (Å²) in [6.45, 7) is 4.51. The second kappa shape index (κ2) is 8.63. The van der Waals surface area contributed by atoms with Gasteiger partial charge >= 0.3 is 0 Å². The molecular weight excluding hydrogens is 416 g/mol. The minimum absolute atomic E-state index is 0.123. The van der Waals surface area contributed by atoms with Crippen molar-refractivity contribution in [1.29, 1.82) is 0 Å². The molecule has 33 heavy (non-hydrogen) atoms. The maximum Gasteiger partial charge on any atom is 0.222 e. The fourth-order valence-corrected chi connectivity index (χ4v) is 4.50. The molecule has 5 rings (SSSR count). The Morgan fingerprint density at radius 1 is 1.21 bits per heavy atom. The predicted octanol–water partition coefficient (Wildman–Crippen LogP) is 3.91. The van der Waals surface area contributed by atoms with Crippen molar-refractivity contribution in [3.63, 3.8) is 0 Å². The van der Waals surface area contributed by atoms with Crippen molar-refractivity contribution >= 4 is 28.4 Å². The number of aliphatic hydroxyl groups is 1. The van der Waals surface area contributed by atoms with E-state index in [1.54, 1.807) is 6.20 Å². The monoisotopic (exact) mass is 442 g/mol. The van der Waals surface area contributed by atoms with E-state index >= 15 is 0 Å². The van der Waals surface area contributed by atoms with Gasteiger partial charge in [-0.15, -0.1) is 0 Å². The van der Waals surface area contributed by atoms with Crippen LogP contribution in [-0.2, 0) is 4.79 Å².